The van der Waals surface area contributed by atoms with Gasteiger partial charge in [0, 0.05) is 0 Å². The van der Waals surface area contributed by atoms with E-state index in [0.717, 1.165) is 0 Å². The summed E-state index contributed by atoms with van der Waals surface area (Å²) in [5, 5.41) is 9.13. The molecule has 1 N–H and O–H groups in total. The van der Waals surface area contributed by atoms with Crippen molar-refractivity contribution in [2.45, 2.75) is 20.3 Å². The lowest BCUT2D eigenvalue weighted by Gasteiger charge is -2.00. The van der Waals surface area contributed by atoms with E-state index in [4.69, 9.17) is 9.52 Å². The second-order valence-electron chi connectivity index (χ2n) is 4.80. The third kappa shape index (κ3) is 2.90. The zero-order valence-corrected chi connectivity index (χ0v) is 12.6. The van der Waals surface area contributed by atoms with Gasteiger partial charge in [-0.3, -0.25) is 0 Å². The topological polar surface area (TPSA) is 63.3 Å². The third-order valence-electron chi connectivity index (χ3n) is 2.68. The van der Waals surface area contributed by atoms with Crippen LogP contribution in [0.3, 0.4) is 0 Å². The van der Waals surface area contributed by atoms with E-state index in [2.05, 4.69) is 20.9 Å². The molecule has 0 amide bonds. The van der Waals surface area contributed by atoms with Gasteiger partial charge in [-0.2, -0.15) is 0 Å². The number of benzene rings is 1. The molecule has 0 saturated heterocycles. The molecule has 2 aromatic rings. The van der Waals surface area contributed by atoms with Crippen molar-refractivity contribution in [1.29, 1.82) is 0 Å². The second kappa shape index (κ2) is 5.75. The van der Waals surface area contributed by atoms with Crippen LogP contribution in [0, 0.1) is 11.7 Å². The molecule has 1 heterocycles. The number of carboxylic acid groups (broad SMARTS) is 1. The summed E-state index contributed by atoms with van der Waals surface area (Å²) < 4.78 is 19.5. The molecule has 0 spiro atoms. The molecule has 0 saturated carbocycles. The van der Waals surface area contributed by atoms with Crippen LogP contribution >= 0.6 is 15.9 Å². The molecule has 4 nitrogen and oxygen atoms in total. The summed E-state index contributed by atoms with van der Waals surface area (Å²) in [5.74, 6) is -1.75. The summed E-state index contributed by atoms with van der Waals surface area (Å²) in [7, 11) is 0. The molecule has 0 unspecified atom stereocenters. The largest absolute Gasteiger partial charge is 0.475 e. The third-order valence-corrected chi connectivity index (χ3v) is 3.29. The van der Waals surface area contributed by atoms with E-state index in [-0.39, 0.29) is 27.6 Å². The van der Waals surface area contributed by atoms with E-state index < -0.39 is 11.8 Å². The summed E-state index contributed by atoms with van der Waals surface area (Å²) in [6.07, 6.45) is 0.459. The fourth-order valence-corrected chi connectivity index (χ4v) is 2.19. The van der Waals surface area contributed by atoms with Crippen molar-refractivity contribution >= 4 is 21.9 Å². The van der Waals surface area contributed by atoms with Crippen molar-refractivity contribution in [3.63, 3.8) is 0 Å². The van der Waals surface area contributed by atoms with Crippen LogP contribution in [0.5, 0.6) is 0 Å². The van der Waals surface area contributed by atoms with Crippen LogP contribution in [0.4, 0.5) is 4.39 Å². The summed E-state index contributed by atoms with van der Waals surface area (Å²) in [5.41, 5.74) is 0.471. The predicted molar refractivity (Wildman–Crippen MR) is 75.1 cm³/mol. The first-order valence-electron chi connectivity index (χ1n) is 6.07. The number of hydrogen-bond acceptors (Lipinski definition) is 3. The Balaban J connectivity index is 2.53. The lowest BCUT2D eigenvalue weighted by Crippen LogP contribution is -2.03. The van der Waals surface area contributed by atoms with Crippen LogP contribution in [-0.2, 0) is 6.42 Å². The summed E-state index contributed by atoms with van der Waals surface area (Å²) in [6.45, 7) is 3.89. The number of halogens is 2. The summed E-state index contributed by atoms with van der Waals surface area (Å²) >= 11 is 3.08. The lowest BCUT2D eigenvalue weighted by atomic mass is 10.1. The highest BCUT2D eigenvalue weighted by molar-refractivity contribution is 9.10. The molecule has 1 aromatic heterocycles. The van der Waals surface area contributed by atoms with Gasteiger partial charge in [-0.05, 0) is 40.4 Å². The van der Waals surface area contributed by atoms with Crippen molar-refractivity contribution < 1.29 is 18.7 Å². The molecule has 1 aromatic carbocycles. The van der Waals surface area contributed by atoms with Gasteiger partial charge in [0.05, 0.1) is 15.7 Å². The van der Waals surface area contributed by atoms with Crippen LogP contribution in [-0.4, -0.2) is 16.1 Å². The highest BCUT2D eigenvalue weighted by Crippen LogP contribution is 2.29. The SMILES string of the molecule is CC(C)Cc1nc(-c2cccc(Br)c2F)oc1C(=O)O. The molecule has 6 heteroatoms. The van der Waals surface area contributed by atoms with Crippen LogP contribution in [0.1, 0.15) is 30.1 Å². The molecule has 0 bridgehead atoms. The van der Waals surface area contributed by atoms with Gasteiger partial charge in [-0.15, -0.1) is 0 Å². The predicted octanol–water partition coefficient (Wildman–Crippen LogP) is 4.14. The number of aromatic nitrogens is 1. The lowest BCUT2D eigenvalue weighted by molar-refractivity contribution is 0.0661. The molecule has 20 heavy (non-hydrogen) atoms. The Bertz CT molecular complexity index is 652. The molecule has 0 radical (unpaired) electrons. The van der Waals surface area contributed by atoms with Crippen LogP contribution in [0.25, 0.3) is 11.5 Å². The number of rotatable bonds is 4. The number of carbonyl (C=O) groups is 1. The maximum Gasteiger partial charge on any atom is 0.373 e. The van der Waals surface area contributed by atoms with E-state index in [1.165, 1.54) is 6.07 Å². The quantitative estimate of drug-likeness (QED) is 0.907. The Hall–Kier alpha value is -1.69. The first-order valence-corrected chi connectivity index (χ1v) is 6.86. The van der Waals surface area contributed by atoms with Gasteiger partial charge in [0.25, 0.3) is 0 Å². The zero-order chi connectivity index (χ0) is 14.9. The zero-order valence-electron chi connectivity index (χ0n) is 11.0. The molecule has 2 rings (SSSR count). The minimum Gasteiger partial charge on any atom is -0.475 e. The number of nitrogens with zero attached hydrogens (tertiary/aromatic N) is 1. The number of carboxylic acids is 1. The van der Waals surface area contributed by atoms with Crippen molar-refractivity contribution in [2.75, 3.05) is 0 Å². The standard InChI is InChI=1S/C14H13BrFNO3/c1-7(2)6-10-12(14(18)19)20-13(17-10)8-4-3-5-9(15)11(8)16/h3-5,7H,6H2,1-2H3,(H,18,19). The van der Waals surface area contributed by atoms with Gasteiger partial charge in [0.2, 0.25) is 11.7 Å². The highest BCUT2D eigenvalue weighted by Gasteiger charge is 2.22. The van der Waals surface area contributed by atoms with E-state index >= 15 is 0 Å². The number of hydrogen-bond donors (Lipinski definition) is 1. The number of oxazole rings is 1. The average Bonchev–Trinajstić information content (AvgIpc) is 2.75. The van der Waals surface area contributed by atoms with E-state index in [0.29, 0.717) is 12.1 Å². The van der Waals surface area contributed by atoms with Crippen molar-refractivity contribution in [3.05, 3.63) is 39.9 Å². The van der Waals surface area contributed by atoms with Gasteiger partial charge >= 0.3 is 5.97 Å². The Morgan fingerprint density at radius 1 is 1.50 bits per heavy atom. The smallest absolute Gasteiger partial charge is 0.373 e. The molecule has 0 atom stereocenters. The normalized spacial score (nSPS) is 11.1. The summed E-state index contributed by atoms with van der Waals surface area (Å²) in [6, 6.07) is 4.68. The molecule has 106 valence electrons. The van der Waals surface area contributed by atoms with E-state index in [1.54, 1.807) is 12.1 Å². The van der Waals surface area contributed by atoms with Gasteiger partial charge in [-0.25, -0.2) is 14.2 Å². The van der Waals surface area contributed by atoms with Crippen molar-refractivity contribution in [2.24, 2.45) is 5.92 Å². The van der Waals surface area contributed by atoms with Gasteiger partial charge in [0.15, 0.2) is 0 Å². The fraction of sp³-hybridized carbons (Fsp3) is 0.286. The van der Waals surface area contributed by atoms with Gasteiger partial charge in [0.1, 0.15) is 5.82 Å². The molecule has 0 aliphatic carbocycles. The highest BCUT2D eigenvalue weighted by atomic mass is 79.9. The number of aromatic carboxylic acids is 1. The Morgan fingerprint density at radius 3 is 2.80 bits per heavy atom. The summed E-state index contributed by atoms with van der Waals surface area (Å²) in [4.78, 5) is 15.3. The van der Waals surface area contributed by atoms with Crippen LogP contribution in [0.2, 0.25) is 0 Å². The Kier molecular flexibility index (Phi) is 4.23. The van der Waals surface area contributed by atoms with E-state index in [1.807, 2.05) is 13.8 Å². The minimum absolute atomic E-state index is 0.0168. The Morgan fingerprint density at radius 2 is 2.20 bits per heavy atom. The van der Waals surface area contributed by atoms with E-state index in [9.17, 15) is 9.18 Å². The first kappa shape index (κ1) is 14.7. The monoisotopic (exact) mass is 341 g/mol. The van der Waals surface area contributed by atoms with Crippen molar-refractivity contribution in [3.8, 4) is 11.5 Å². The average molecular weight is 342 g/mol. The minimum atomic E-state index is -1.20. The first-order chi connectivity index (χ1) is 9.40. The maximum absolute atomic E-state index is 14.0. The molecular formula is C14H13BrFNO3. The van der Waals surface area contributed by atoms with Crippen LogP contribution < -0.4 is 0 Å². The molecule has 0 aliphatic heterocycles. The fourth-order valence-electron chi connectivity index (χ4n) is 1.83. The molecular weight excluding hydrogens is 329 g/mol. The van der Waals surface area contributed by atoms with Gasteiger partial charge in [-0.1, -0.05) is 19.9 Å². The second-order valence-corrected chi connectivity index (χ2v) is 5.65. The van der Waals surface area contributed by atoms with Crippen molar-refractivity contribution in [1.82, 2.24) is 4.98 Å². The maximum atomic E-state index is 14.0. The molecule has 0 aliphatic rings. The molecule has 0 fully saturated rings. The Labute approximate surface area is 123 Å². The van der Waals surface area contributed by atoms with Crippen LogP contribution in [0.15, 0.2) is 27.1 Å². The van der Waals surface area contributed by atoms with Gasteiger partial charge < -0.3 is 9.52 Å².